The van der Waals surface area contributed by atoms with E-state index in [-0.39, 0.29) is 24.9 Å². The molecule has 0 bridgehead atoms. The Hall–Kier alpha value is -1.64. The number of alkyl halides is 3. The second kappa shape index (κ2) is 9.24. The summed E-state index contributed by atoms with van der Waals surface area (Å²) in [4.78, 5) is 17.9. The Morgan fingerprint density at radius 2 is 2.00 bits per heavy atom. The lowest BCUT2D eigenvalue weighted by atomic mass is 9.98. The van der Waals surface area contributed by atoms with Crippen molar-refractivity contribution in [2.45, 2.75) is 25.4 Å². The van der Waals surface area contributed by atoms with Crippen LogP contribution in [-0.2, 0) is 16.0 Å². The molecule has 0 amide bonds. The van der Waals surface area contributed by atoms with E-state index in [0.717, 1.165) is 10.6 Å². The number of rotatable bonds is 6. The molecule has 1 aromatic carbocycles. The molecule has 1 fully saturated rings. The second-order valence-corrected chi connectivity index (χ2v) is 8.08. The number of esters is 1. The van der Waals surface area contributed by atoms with Gasteiger partial charge in [-0.15, -0.1) is 11.3 Å². The first-order valence-electron chi connectivity index (χ1n) is 8.94. The lowest BCUT2D eigenvalue weighted by Crippen LogP contribution is -2.41. The first kappa shape index (κ1) is 21.1. The summed E-state index contributed by atoms with van der Waals surface area (Å²) in [6.45, 7) is 0.0985. The third-order valence-electron chi connectivity index (χ3n) is 4.57. The van der Waals surface area contributed by atoms with Crippen LogP contribution in [0.4, 0.5) is 13.2 Å². The second-order valence-electron chi connectivity index (χ2n) is 6.82. The van der Waals surface area contributed by atoms with Crippen molar-refractivity contribution in [1.29, 1.82) is 0 Å². The number of aromatic nitrogens is 1. The van der Waals surface area contributed by atoms with Gasteiger partial charge in [0.2, 0.25) is 0 Å². The lowest BCUT2D eigenvalue weighted by molar-refractivity contribution is -0.150. The minimum atomic E-state index is -4.17. The molecule has 28 heavy (non-hydrogen) atoms. The summed E-state index contributed by atoms with van der Waals surface area (Å²) in [6, 6.07) is 7.36. The zero-order valence-corrected chi connectivity index (χ0v) is 16.6. The van der Waals surface area contributed by atoms with E-state index in [2.05, 4.69) is 4.98 Å². The predicted octanol–water partition coefficient (Wildman–Crippen LogP) is 4.82. The van der Waals surface area contributed by atoms with E-state index in [4.69, 9.17) is 16.3 Å². The molecule has 0 saturated carbocycles. The Bertz CT molecular complexity index is 804. The number of thiazole rings is 1. The molecule has 4 nitrogen and oxygen atoms in total. The van der Waals surface area contributed by atoms with Gasteiger partial charge in [0.1, 0.15) is 5.01 Å². The van der Waals surface area contributed by atoms with Crippen LogP contribution in [0.3, 0.4) is 0 Å². The first-order chi connectivity index (χ1) is 13.3. The standard InChI is InChI=1S/C19H20ClF3N2O2S/c20-16-4-2-1-3-15(16)18-24-14(11-28-18)9-17(26)27-10-13-5-7-25(8-6-13)12-19(21,22)23/h1-4,11,13H,5-10,12H2. The van der Waals surface area contributed by atoms with Crippen molar-refractivity contribution >= 4 is 28.9 Å². The zero-order valence-electron chi connectivity index (χ0n) is 15.0. The molecule has 9 heteroatoms. The van der Waals surface area contributed by atoms with Crippen molar-refractivity contribution < 1.29 is 22.7 Å². The molecular weight excluding hydrogens is 413 g/mol. The average molecular weight is 433 g/mol. The Morgan fingerprint density at radius 1 is 1.29 bits per heavy atom. The lowest BCUT2D eigenvalue weighted by Gasteiger charge is -2.31. The molecule has 0 aliphatic carbocycles. The highest BCUT2D eigenvalue weighted by molar-refractivity contribution is 7.13. The van der Waals surface area contributed by atoms with E-state index in [0.29, 0.717) is 36.6 Å². The van der Waals surface area contributed by atoms with Crippen molar-refractivity contribution in [3.8, 4) is 10.6 Å². The molecule has 152 valence electrons. The van der Waals surface area contributed by atoms with Gasteiger partial charge in [0.15, 0.2) is 0 Å². The van der Waals surface area contributed by atoms with E-state index in [9.17, 15) is 18.0 Å². The molecule has 0 unspecified atom stereocenters. The van der Waals surface area contributed by atoms with Crippen molar-refractivity contribution in [2.24, 2.45) is 5.92 Å². The summed E-state index contributed by atoms with van der Waals surface area (Å²) in [6.07, 6.45) is -2.92. The Kier molecular flexibility index (Phi) is 6.95. The highest BCUT2D eigenvalue weighted by Crippen LogP contribution is 2.30. The fourth-order valence-corrected chi connectivity index (χ4v) is 4.26. The number of hydrogen-bond donors (Lipinski definition) is 0. The molecule has 3 rings (SSSR count). The molecule has 1 saturated heterocycles. The van der Waals surface area contributed by atoms with Gasteiger partial charge in [0.25, 0.3) is 0 Å². The summed E-state index contributed by atoms with van der Waals surface area (Å²) >= 11 is 7.57. The van der Waals surface area contributed by atoms with Crippen molar-refractivity contribution in [2.75, 3.05) is 26.2 Å². The van der Waals surface area contributed by atoms with Crippen molar-refractivity contribution in [3.63, 3.8) is 0 Å². The smallest absolute Gasteiger partial charge is 0.401 e. The highest BCUT2D eigenvalue weighted by Gasteiger charge is 2.32. The summed E-state index contributed by atoms with van der Waals surface area (Å²) in [5, 5.41) is 3.14. The number of carbonyl (C=O) groups is 1. The van der Waals surface area contributed by atoms with Crippen LogP contribution in [0.25, 0.3) is 10.6 Å². The van der Waals surface area contributed by atoms with E-state index in [1.165, 1.54) is 16.2 Å². The Morgan fingerprint density at radius 3 is 2.68 bits per heavy atom. The van der Waals surface area contributed by atoms with Gasteiger partial charge >= 0.3 is 12.1 Å². The summed E-state index contributed by atoms with van der Waals surface area (Å²) in [5.74, 6) is -0.281. The number of likely N-dealkylation sites (tertiary alicyclic amines) is 1. The largest absolute Gasteiger partial charge is 0.465 e. The van der Waals surface area contributed by atoms with Crippen LogP contribution in [0.2, 0.25) is 5.02 Å². The number of benzene rings is 1. The molecule has 1 aromatic heterocycles. The molecule has 0 radical (unpaired) electrons. The van der Waals surface area contributed by atoms with E-state index in [1.54, 1.807) is 11.4 Å². The monoisotopic (exact) mass is 432 g/mol. The van der Waals surface area contributed by atoms with Gasteiger partial charge < -0.3 is 4.74 Å². The van der Waals surface area contributed by atoms with Crippen LogP contribution in [0.15, 0.2) is 29.6 Å². The van der Waals surface area contributed by atoms with Gasteiger partial charge in [0, 0.05) is 10.9 Å². The maximum atomic E-state index is 12.4. The van der Waals surface area contributed by atoms with Gasteiger partial charge in [-0.1, -0.05) is 29.8 Å². The molecule has 1 aliphatic rings. The fourth-order valence-electron chi connectivity index (χ4n) is 3.12. The summed E-state index contributed by atoms with van der Waals surface area (Å²) in [5.41, 5.74) is 1.43. The van der Waals surface area contributed by atoms with Gasteiger partial charge in [-0.2, -0.15) is 13.2 Å². The quantitative estimate of drug-likeness (QED) is 0.613. The van der Waals surface area contributed by atoms with Gasteiger partial charge in [-0.05, 0) is 37.9 Å². The molecule has 0 spiro atoms. The molecular formula is C19H20ClF3N2O2S. The maximum absolute atomic E-state index is 12.4. The van der Waals surface area contributed by atoms with E-state index < -0.39 is 12.7 Å². The third kappa shape index (κ3) is 6.18. The average Bonchev–Trinajstić information content (AvgIpc) is 3.08. The number of hydrogen-bond acceptors (Lipinski definition) is 5. The SMILES string of the molecule is O=C(Cc1csc(-c2ccccc2Cl)n1)OCC1CCN(CC(F)(F)F)CC1. The summed E-state index contributed by atoms with van der Waals surface area (Å²) < 4.78 is 42.5. The number of ether oxygens (including phenoxy) is 1. The first-order valence-corrected chi connectivity index (χ1v) is 10.2. The normalized spacial score (nSPS) is 16.3. The molecule has 2 aromatic rings. The van der Waals surface area contributed by atoms with Crippen LogP contribution in [0.5, 0.6) is 0 Å². The highest BCUT2D eigenvalue weighted by atomic mass is 35.5. The van der Waals surface area contributed by atoms with Crippen LogP contribution in [-0.4, -0.2) is 48.3 Å². The van der Waals surface area contributed by atoms with Crippen molar-refractivity contribution in [3.05, 3.63) is 40.4 Å². The van der Waals surface area contributed by atoms with E-state index >= 15 is 0 Å². The number of piperidine rings is 1. The van der Waals surface area contributed by atoms with Crippen molar-refractivity contribution in [1.82, 2.24) is 9.88 Å². The van der Waals surface area contributed by atoms with E-state index in [1.807, 2.05) is 18.2 Å². The molecule has 2 heterocycles. The molecule has 1 aliphatic heterocycles. The zero-order chi connectivity index (χ0) is 20.1. The van der Waals surface area contributed by atoms with Gasteiger partial charge in [-0.3, -0.25) is 9.69 Å². The minimum Gasteiger partial charge on any atom is -0.465 e. The van der Waals surface area contributed by atoms with Crippen LogP contribution >= 0.6 is 22.9 Å². The summed E-state index contributed by atoms with van der Waals surface area (Å²) in [7, 11) is 0. The number of nitrogens with zero attached hydrogens (tertiary/aromatic N) is 2. The number of halogens is 4. The predicted molar refractivity (Wildman–Crippen MR) is 102 cm³/mol. The van der Waals surface area contributed by atoms with Gasteiger partial charge in [0.05, 0.1) is 30.3 Å². The van der Waals surface area contributed by atoms with Crippen LogP contribution in [0.1, 0.15) is 18.5 Å². The van der Waals surface area contributed by atoms with Gasteiger partial charge in [-0.25, -0.2) is 4.98 Å². The molecule has 0 N–H and O–H groups in total. The fraction of sp³-hybridized carbons (Fsp3) is 0.474. The number of carbonyl (C=O) groups excluding carboxylic acids is 1. The Labute approximate surface area is 170 Å². The third-order valence-corrected chi connectivity index (χ3v) is 5.83. The van der Waals surface area contributed by atoms with Crippen LogP contribution < -0.4 is 0 Å². The molecule has 0 atom stereocenters. The van der Waals surface area contributed by atoms with Crippen LogP contribution in [0, 0.1) is 5.92 Å². The minimum absolute atomic E-state index is 0.0634. The Balaban J connectivity index is 1.43. The maximum Gasteiger partial charge on any atom is 0.401 e. The topological polar surface area (TPSA) is 42.4 Å².